The SMILES string of the molecule is CC(N)CCC(=O)N[C@H](C)C1CCCCCC1. The molecular weight excluding hydrogens is 212 g/mol. The monoisotopic (exact) mass is 240 g/mol. The molecular formula is C14H28N2O. The number of nitrogens with two attached hydrogens (primary N) is 1. The number of carbonyl (C=O) groups excluding carboxylic acids is 1. The van der Waals surface area contributed by atoms with E-state index in [-0.39, 0.29) is 11.9 Å². The fourth-order valence-electron chi connectivity index (χ4n) is 2.61. The molecule has 17 heavy (non-hydrogen) atoms. The lowest BCUT2D eigenvalue weighted by Crippen LogP contribution is -2.38. The Hall–Kier alpha value is -0.570. The summed E-state index contributed by atoms with van der Waals surface area (Å²) in [7, 11) is 0. The second-order valence-electron chi connectivity index (χ2n) is 5.62. The lowest BCUT2D eigenvalue weighted by atomic mass is 9.93. The number of amides is 1. The molecule has 0 bridgehead atoms. The van der Waals surface area contributed by atoms with Crippen LogP contribution in [0.2, 0.25) is 0 Å². The highest BCUT2D eigenvalue weighted by molar-refractivity contribution is 5.76. The minimum Gasteiger partial charge on any atom is -0.353 e. The summed E-state index contributed by atoms with van der Waals surface area (Å²) < 4.78 is 0. The Morgan fingerprint density at radius 3 is 2.35 bits per heavy atom. The van der Waals surface area contributed by atoms with Crippen LogP contribution in [0.15, 0.2) is 0 Å². The molecule has 1 aliphatic carbocycles. The van der Waals surface area contributed by atoms with Crippen LogP contribution in [0.4, 0.5) is 0 Å². The minimum absolute atomic E-state index is 0.119. The van der Waals surface area contributed by atoms with Gasteiger partial charge in [0.1, 0.15) is 0 Å². The van der Waals surface area contributed by atoms with E-state index in [1.807, 2.05) is 6.92 Å². The first-order chi connectivity index (χ1) is 8.09. The molecule has 0 radical (unpaired) electrons. The molecule has 3 N–H and O–H groups in total. The summed E-state index contributed by atoms with van der Waals surface area (Å²) in [4.78, 5) is 11.7. The molecule has 0 spiro atoms. The molecule has 3 heteroatoms. The normalized spacial score (nSPS) is 21.6. The average Bonchev–Trinajstić information content (AvgIpc) is 2.54. The highest BCUT2D eigenvalue weighted by Gasteiger charge is 2.20. The van der Waals surface area contributed by atoms with Crippen LogP contribution in [0.25, 0.3) is 0 Å². The summed E-state index contributed by atoms with van der Waals surface area (Å²) in [5.74, 6) is 0.843. The maximum absolute atomic E-state index is 11.7. The summed E-state index contributed by atoms with van der Waals surface area (Å²) in [5, 5.41) is 3.14. The Morgan fingerprint density at radius 1 is 1.24 bits per heavy atom. The Balaban J connectivity index is 2.26. The summed E-state index contributed by atoms with van der Waals surface area (Å²) in [6, 6.07) is 0.447. The Kier molecular flexibility index (Phi) is 6.56. The quantitative estimate of drug-likeness (QED) is 0.726. The molecule has 2 atom stereocenters. The number of carbonyl (C=O) groups is 1. The van der Waals surface area contributed by atoms with Crippen LogP contribution < -0.4 is 11.1 Å². The largest absolute Gasteiger partial charge is 0.353 e. The highest BCUT2D eigenvalue weighted by Crippen LogP contribution is 2.25. The van der Waals surface area contributed by atoms with Gasteiger partial charge in [-0.3, -0.25) is 4.79 Å². The first-order valence-electron chi connectivity index (χ1n) is 7.14. The summed E-state index contributed by atoms with van der Waals surface area (Å²) in [6.45, 7) is 4.10. The molecule has 1 unspecified atom stereocenters. The van der Waals surface area contributed by atoms with E-state index in [1.165, 1.54) is 38.5 Å². The van der Waals surface area contributed by atoms with E-state index < -0.39 is 0 Å². The van der Waals surface area contributed by atoms with E-state index >= 15 is 0 Å². The van der Waals surface area contributed by atoms with Gasteiger partial charge in [-0.05, 0) is 39.0 Å². The summed E-state index contributed by atoms with van der Waals surface area (Å²) >= 11 is 0. The third-order valence-electron chi connectivity index (χ3n) is 3.82. The average molecular weight is 240 g/mol. The molecule has 1 rings (SSSR count). The van der Waals surface area contributed by atoms with Crippen molar-refractivity contribution < 1.29 is 4.79 Å². The van der Waals surface area contributed by atoms with Gasteiger partial charge in [0.25, 0.3) is 0 Å². The fourth-order valence-corrected chi connectivity index (χ4v) is 2.61. The van der Waals surface area contributed by atoms with Gasteiger partial charge < -0.3 is 11.1 Å². The molecule has 100 valence electrons. The second kappa shape index (κ2) is 7.70. The van der Waals surface area contributed by atoms with Crippen LogP contribution in [0, 0.1) is 5.92 Å². The zero-order valence-electron chi connectivity index (χ0n) is 11.4. The molecule has 3 nitrogen and oxygen atoms in total. The molecule has 1 saturated carbocycles. The van der Waals surface area contributed by atoms with Crippen molar-refractivity contribution in [1.29, 1.82) is 0 Å². The molecule has 0 aromatic heterocycles. The zero-order chi connectivity index (χ0) is 12.7. The van der Waals surface area contributed by atoms with Crippen LogP contribution in [-0.2, 0) is 4.79 Å². The molecule has 1 aliphatic rings. The molecule has 0 aromatic rings. The minimum atomic E-state index is 0.119. The standard InChI is InChI=1S/C14H28N2O/c1-11(15)9-10-14(17)16-12(2)13-7-5-3-4-6-8-13/h11-13H,3-10,15H2,1-2H3,(H,16,17)/t11?,12-/m1/s1. The van der Waals surface area contributed by atoms with Crippen molar-refractivity contribution in [3.63, 3.8) is 0 Å². The van der Waals surface area contributed by atoms with Gasteiger partial charge in [-0.2, -0.15) is 0 Å². The van der Waals surface area contributed by atoms with Crippen molar-refractivity contribution in [1.82, 2.24) is 5.32 Å². The molecule has 1 amide bonds. The smallest absolute Gasteiger partial charge is 0.220 e. The zero-order valence-corrected chi connectivity index (χ0v) is 11.4. The summed E-state index contributed by atoms with van der Waals surface area (Å²) in [5.41, 5.74) is 5.65. The van der Waals surface area contributed by atoms with Crippen LogP contribution in [0.5, 0.6) is 0 Å². The van der Waals surface area contributed by atoms with Crippen LogP contribution in [0.3, 0.4) is 0 Å². The first kappa shape index (κ1) is 14.5. The van der Waals surface area contributed by atoms with Crippen molar-refractivity contribution in [2.24, 2.45) is 11.7 Å². The maximum atomic E-state index is 11.7. The van der Waals surface area contributed by atoms with Gasteiger partial charge in [0.2, 0.25) is 5.91 Å². The van der Waals surface area contributed by atoms with Gasteiger partial charge in [0.05, 0.1) is 0 Å². The van der Waals surface area contributed by atoms with Crippen LogP contribution in [-0.4, -0.2) is 18.0 Å². The van der Waals surface area contributed by atoms with Crippen molar-refractivity contribution >= 4 is 5.91 Å². The molecule has 1 fully saturated rings. The lowest BCUT2D eigenvalue weighted by Gasteiger charge is -2.23. The van der Waals surface area contributed by atoms with Crippen molar-refractivity contribution in [3.8, 4) is 0 Å². The Morgan fingerprint density at radius 2 is 1.82 bits per heavy atom. The molecule has 0 aliphatic heterocycles. The Labute approximate surface area is 106 Å². The van der Waals surface area contributed by atoms with Crippen LogP contribution >= 0.6 is 0 Å². The Bertz CT molecular complexity index is 220. The first-order valence-corrected chi connectivity index (χ1v) is 7.14. The number of hydrogen-bond donors (Lipinski definition) is 2. The third-order valence-corrected chi connectivity index (χ3v) is 3.82. The second-order valence-corrected chi connectivity index (χ2v) is 5.62. The van der Waals surface area contributed by atoms with Gasteiger partial charge in [0, 0.05) is 18.5 Å². The summed E-state index contributed by atoms with van der Waals surface area (Å²) in [6.07, 6.45) is 9.26. The van der Waals surface area contributed by atoms with E-state index in [2.05, 4.69) is 12.2 Å². The fraction of sp³-hybridized carbons (Fsp3) is 0.929. The van der Waals surface area contributed by atoms with E-state index in [0.29, 0.717) is 18.4 Å². The van der Waals surface area contributed by atoms with Crippen molar-refractivity contribution in [2.75, 3.05) is 0 Å². The maximum Gasteiger partial charge on any atom is 0.220 e. The van der Waals surface area contributed by atoms with E-state index in [1.54, 1.807) is 0 Å². The highest BCUT2D eigenvalue weighted by atomic mass is 16.1. The predicted octanol–water partition coefficient (Wildman–Crippen LogP) is 2.59. The van der Waals surface area contributed by atoms with E-state index in [9.17, 15) is 4.79 Å². The number of rotatable bonds is 5. The number of nitrogens with one attached hydrogen (secondary N) is 1. The van der Waals surface area contributed by atoms with Gasteiger partial charge in [-0.15, -0.1) is 0 Å². The topological polar surface area (TPSA) is 55.1 Å². The van der Waals surface area contributed by atoms with Gasteiger partial charge in [-0.1, -0.05) is 25.7 Å². The third kappa shape index (κ3) is 6.06. The van der Waals surface area contributed by atoms with Gasteiger partial charge in [-0.25, -0.2) is 0 Å². The van der Waals surface area contributed by atoms with Gasteiger partial charge >= 0.3 is 0 Å². The van der Waals surface area contributed by atoms with Crippen molar-refractivity contribution in [2.45, 2.75) is 77.3 Å². The van der Waals surface area contributed by atoms with Crippen LogP contribution in [0.1, 0.15) is 65.2 Å². The van der Waals surface area contributed by atoms with Crippen molar-refractivity contribution in [3.05, 3.63) is 0 Å². The molecule has 0 aromatic carbocycles. The molecule has 0 heterocycles. The predicted molar refractivity (Wildman–Crippen MR) is 71.7 cm³/mol. The lowest BCUT2D eigenvalue weighted by molar-refractivity contribution is -0.122. The van der Waals surface area contributed by atoms with Gasteiger partial charge in [0.15, 0.2) is 0 Å². The van der Waals surface area contributed by atoms with E-state index in [0.717, 1.165) is 6.42 Å². The molecule has 0 saturated heterocycles. The van der Waals surface area contributed by atoms with E-state index in [4.69, 9.17) is 5.73 Å². The number of hydrogen-bond acceptors (Lipinski definition) is 2.